The molecule has 1 fully saturated rings. The van der Waals surface area contributed by atoms with Crippen LogP contribution in [0.3, 0.4) is 0 Å². The highest BCUT2D eigenvalue weighted by Gasteiger charge is 2.41. The summed E-state index contributed by atoms with van der Waals surface area (Å²) < 4.78 is 0. The van der Waals surface area contributed by atoms with Gasteiger partial charge in [-0.25, -0.2) is 4.79 Å². The molecule has 19 heavy (non-hydrogen) atoms. The standard InChI is InChI=1S/C15H21NO2S/c1-3-7-15(8-9-15)10-16-11-5-4-6-12(19-2)13(11)14(17)18/h4-6,16H,3,7-10H2,1-2H3,(H,17,18). The third kappa shape index (κ3) is 3.24. The maximum absolute atomic E-state index is 11.4. The molecule has 1 aliphatic rings. The molecule has 2 rings (SSSR count). The number of carboxylic acid groups (broad SMARTS) is 1. The second kappa shape index (κ2) is 5.87. The average Bonchev–Trinajstić information content (AvgIpc) is 3.16. The Morgan fingerprint density at radius 3 is 2.74 bits per heavy atom. The van der Waals surface area contributed by atoms with Gasteiger partial charge in [-0.15, -0.1) is 11.8 Å². The largest absolute Gasteiger partial charge is 0.478 e. The summed E-state index contributed by atoms with van der Waals surface area (Å²) in [5.74, 6) is -0.854. The van der Waals surface area contributed by atoms with Gasteiger partial charge in [0.1, 0.15) is 0 Å². The second-order valence-electron chi connectivity index (χ2n) is 5.29. The molecule has 0 bridgehead atoms. The van der Waals surface area contributed by atoms with Crippen molar-refractivity contribution < 1.29 is 9.90 Å². The molecule has 0 amide bonds. The fourth-order valence-corrected chi connectivity index (χ4v) is 3.19. The van der Waals surface area contributed by atoms with Crippen LogP contribution in [0.15, 0.2) is 23.1 Å². The van der Waals surface area contributed by atoms with Crippen LogP contribution in [0.1, 0.15) is 43.0 Å². The first-order chi connectivity index (χ1) is 9.12. The molecule has 1 saturated carbocycles. The van der Waals surface area contributed by atoms with Gasteiger partial charge in [0.25, 0.3) is 0 Å². The summed E-state index contributed by atoms with van der Waals surface area (Å²) >= 11 is 1.48. The number of carboxylic acids is 1. The van der Waals surface area contributed by atoms with Crippen molar-refractivity contribution >= 4 is 23.4 Å². The summed E-state index contributed by atoms with van der Waals surface area (Å²) in [6, 6.07) is 5.64. The third-order valence-corrected chi connectivity index (χ3v) is 4.63. The van der Waals surface area contributed by atoms with Gasteiger partial charge in [0.2, 0.25) is 0 Å². The first kappa shape index (κ1) is 14.3. The minimum absolute atomic E-state index is 0.405. The summed E-state index contributed by atoms with van der Waals surface area (Å²) in [6.07, 6.45) is 6.85. The van der Waals surface area contributed by atoms with Gasteiger partial charge >= 0.3 is 5.97 Å². The first-order valence-electron chi connectivity index (χ1n) is 6.76. The maximum Gasteiger partial charge on any atom is 0.338 e. The molecule has 0 radical (unpaired) electrons. The normalized spacial score (nSPS) is 16.1. The maximum atomic E-state index is 11.4. The second-order valence-corrected chi connectivity index (χ2v) is 6.14. The van der Waals surface area contributed by atoms with Crippen LogP contribution in [-0.4, -0.2) is 23.9 Å². The number of anilines is 1. The lowest BCUT2D eigenvalue weighted by molar-refractivity contribution is 0.0694. The van der Waals surface area contributed by atoms with Gasteiger partial charge in [-0.3, -0.25) is 0 Å². The SMILES string of the molecule is CCCC1(CNc2cccc(SC)c2C(=O)O)CC1. The van der Waals surface area contributed by atoms with Crippen molar-refractivity contribution in [3.63, 3.8) is 0 Å². The molecule has 0 aromatic heterocycles. The molecular weight excluding hydrogens is 258 g/mol. The van der Waals surface area contributed by atoms with Crippen molar-refractivity contribution in [1.29, 1.82) is 0 Å². The Morgan fingerprint density at radius 2 is 2.21 bits per heavy atom. The van der Waals surface area contributed by atoms with E-state index in [2.05, 4.69) is 12.2 Å². The minimum Gasteiger partial charge on any atom is -0.478 e. The van der Waals surface area contributed by atoms with Crippen LogP contribution in [-0.2, 0) is 0 Å². The highest BCUT2D eigenvalue weighted by molar-refractivity contribution is 7.98. The van der Waals surface area contributed by atoms with Crippen LogP contribution in [0.5, 0.6) is 0 Å². The number of rotatable bonds is 7. The summed E-state index contributed by atoms with van der Waals surface area (Å²) in [7, 11) is 0. The lowest BCUT2D eigenvalue weighted by Gasteiger charge is -2.18. The zero-order valence-electron chi connectivity index (χ0n) is 11.5. The molecule has 0 aliphatic heterocycles. The highest BCUT2D eigenvalue weighted by Crippen LogP contribution is 2.49. The zero-order valence-corrected chi connectivity index (χ0v) is 12.3. The predicted molar refractivity (Wildman–Crippen MR) is 80.2 cm³/mol. The Hall–Kier alpha value is -1.16. The van der Waals surface area contributed by atoms with Crippen LogP contribution in [0, 0.1) is 5.41 Å². The topological polar surface area (TPSA) is 49.3 Å². The Morgan fingerprint density at radius 1 is 1.47 bits per heavy atom. The van der Waals surface area contributed by atoms with Crippen molar-refractivity contribution in [1.82, 2.24) is 0 Å². The van der Waals surface area contributed by atoms with Crippen LogP contribution < -0.4 is 5.32 Å². The summed E-state index contributed by atoms with van der Waals surface area (Å²) in [4.78, 5) is 12.2. The monoisotopic (exact) mass is 279 g/mol. The Bertz CT molecular complexity index is 469. The molecular formula is C15H21NO2S. The molecule has 0 unspecified atom stereocenters. The van der Waals surface area contributed by atoms with Crippen LogP contribution in [0.25, 0.3) is 0 Å². The Labute approximate surface area is 118 Å². The van der Waals surface area contributed by atoms with Crippen LogP contribution >= 0.6 is 11.8 Å². The van der Waals surface area contributed by atoms with E-state index in [1.165, 1.54) is 37.4 Å². The lowest BCUT2D eigenvalue weighted by atomic mass is 10.0. The molecule has 0 atom stereocenters. The van der Waals surface area contributed by atoms with E-state index >= 15 is 0 Å². The molecule has 3 nitrogen and oxygen atoms in total. The fourth-order valence-electron chi connectivity index (χ4n) is 2.57. The van der Waals surface area contributed by atoms with Crippen molar-refractivity contribution in [2.75, 3.05) is 18.1 Å². The number of hydrogen-bond donors (Lipinski definition) is 2. The van der Waals surface area contributed by atoms with E-state index in [-0.39, 0.29) is 0 Å². The van der Waals surface area contributed by atoms with Gasteiger partial charge < -0.3 is 10.4 Å². The van der Waals surface area contributed by atoms with Gasteiger partial charge in [0.15, 0.2) is 0 Å². The molecule has 1 aromatic rings. The van der Waals surface area contributed by atoms with Crippen molar-refractivity contribution in [2.45, 2.75) is 37.5 Å². The van der Waals surface area contributed by atoms with E-state index in [9.17, 15) is 9.90 Å². The number of thioether (sulfide) groups is 1. The van der Waals surface area contributed by atoms with Crippen molar-refractivity contribution in [3.05, 3.63) is 23.8 Å². The van der Waals surface area contributed by atoms with Crippen molar-refractivity contribution in [3.8, 4) is 0 Å². The van der Waals surface area contributed by atoms with Crippen LogP contribution in [0.2, 0.25) is 0 Å². The molecule has 2 N–H and O–H groups in total. The molecule has 1 aliphatic carbocycles. The summed E-state index contributed by atoms with van der Waals surface area (Å²) in [5.41, 5.74) is 1.57. The molecule has 104 valence electrons. The average molecular weight is 279 g/mol. The zero-order chi connectivity index (χ0) is 13.9. The lowest BCUT2D eigenvalue weighted by Crippen LogP contribution is -2.17. The summed E-state index contributed by atoms with van der Waals surface area (Å²) in [6.45, 7) is 3.09. The van der Waals surface area contributed by atoms with E-state index in [4.69, 9.17) is 0 Å². The highest BCUT2D eigenvalue weighted by atomic mass is 32.2. The van der Waals surface area contributed by atoms with E-state index in [0.717, 1.165) is 17.1 Å². The fraction of sp³-hybridized carbons (Fsp3) is 0.533. The Balaban J connectivity index is 2.14. The van der Waals surface area contributed by atoms with Gasteiger partial charge in [0, 0.05) is 17.1 Å². The van der Waals surface area contributed by atoms with Gasteiger partial charge in [0.05, 0.1) is 5.56 Å². The number of hydrogen-bond acceptors (Lipinski definition) is 3. The number of aromatic carboxylic acids is 1. The minimum atomic E-state index is -0.854. The number of benzene rings is 1. The van der Waals surface area contributed by atoms with E-state index in [0.29, 0.717) is 11.0 Å². The molecule has 0 spiro atoms. The van der Waals surface area contributed by atoms with Gasteiger partial charge in [-0.05, 0) is 43.1 Å². The predicted octanol–water partition coefficient (Wildman–Crippen LogP) is 4.10. The molecule has 1 aromatic carbocycles. The quantitative estimate of drug-likeness (QED) is 0.738. The van der Waals surface area contributed by atoms with Crippen LogP contribution in [0.4, 0.5) is 5.69 Å². The van der Waals surface area contributed by atoms with E-state index < -0.39 is 5.97 Å². The molecule has 4 heteroatoms. The van der Waals surface area contributed by atoms with Crippen molar-refractivity contribution in [2.24, 2.45) is 5.41 Å². The Kier molecular flexibility index (Phi) is 4.40. The number of nitrogens with one attached hydrogen (secondary N) is 1. The molecule has 0 heterocycles. The summed E-state index contributed by atoms with van der Waals surface area (Å²) in [5, 5.41) is 12.7. The van der Waals surface area contributed by atoms with Gasteiger partial charge in [-0.2, -0.15) is 0 Å². The smallest absolute Gasteiger partial charge is 0.338 e. The van der Waals surface area contributed by atoms with E-state index in [1.54, 1.807) is 0 Å². The third-order valence-electron chi connectivity index (χ3n) is 3.85. The van der Waals surface area contributed by atoms with E-state index in [1.807, 2.05) is 24.5 Å². The van der Waals surface area contributed by atoms with Gasteiger partial charge in [-0.1, -0.05) is 19.4 Å². The molecule has 0 saturated heterocycles. The number of carbonyl (C=O) groups is 1. The first-order valence-corrected chi connectivity index (χ1v) is 7.98.